The van der Waals surface area contributed by atoms with Crippen LogP contribution in [0.15, 0.2) is 54.6 Å². The van der Waals surface area contributed by atoms with Gasteiger partial charge in [0, 0.05) is 38.0 Å². The molecule has 0 aliphatic carbocycles. The molecule has 2 aromatic carbocycles. The summed E-state index contributed by atoms with van der Waals surface area (Å²) >= 11 is 0. The Balaban J connectivity index is 1.51. The summed E-state index contributed by atoms with van der Waals surface area (Å²) in [6.45, 7) is 4.41. The standard InChI is InChI=1S/C26H32N2O3/c29-24(11-12-25(30)31)28-18-23-10-5-4-9-22(23)17-26(20-28)14-6-15-27(19-26)16-13-21-7-2-1-3-8-21/h1-5,7-10H,6,11-20H2,(H,30,31). The molecule has 2 aliphatic rings. The Bertz CT molecular complexity index is 914. The van der Waals surface area contributed by atoms with Crippen molar-refractivity contribution in [2.75, 3.05) is 26.2 Å². The van der Waals surface area contributed by atoms with Gasteiger partial charge in [0.15, 0.2) is 0 Å². The van der Waals surface area contributed by atoms with Crippen molar-refractivity contribution < 1.29 is 14.7 Å². The van der Waals surface area contributed by atoms with Crippen LogP contribution in [0.2, 0.25) is 0 Å². The molecule has 1 N–H and O–H groups in total. The van der Waals surface area contributed by atoms with Crippen molar-refractivity contribution in [2.45, 2.75) is 45.1 Å². The topological polar surface area (TPSA) is 60.9 Å². The number of carbonyl (C=O) groups excluding carboxylic acids is 1. The lowest BCUT2D eigenvalue weighted by Crippen LogP contribution is -2.50. The maximum absolute atomic E-state index is 12.9. The van der Waals surface area contributed by atoms with Crippen molar-refractivity contribution >= 4 is 11.9 Å². The van der Waals surface area contributed by atoms with Crippen molar-refractivity contribution in [1.82, 2.24) is 9.80 Å². The summed E-state index contributed by atoms with van der Waals surface area (Å²) in [5.74, 6) is -0.956. The third kappa shape index (κ3) is 5.53. The Kier molecular flexibility index (Phi) is 6.71. The number of carbonyl (C=O) groups is 2. The van der Waals surface area contributed by atoms with Gasteiger partial charge in [-0.05, 0) is 48.9 Å². The minimum absolute atomic E-state index is 0.0282. The molecule has 1 unspecified atom stereocenters. The summed E-state index contributed by atoms with van der Waals surface area (Å²) in [5, 5.41) is 9.03. The van der Waals surface area contributed by atoms with Gasteiger partial charge in [-0.25, -0.2) is 0 Å². The van der Waals surface area contributed by atoms with E-state index in [0.717, 1.165) is 45.3 Å². The van der Waals surface area contributed by atoms with E-state index in [0.29, 0.717) is 13.1 Å². The molecular weight excluding hydrogens is 388 g/mol. The molecule has 1 atom stereocenters. The van der Waals surface area contributed by atoms with E-state index < -0.39 is 5.97 Å². The molecule has 0 aromatic heterocycles. The molecule has 2 aromatic rings. The van der Waals surface area contributed by atoms with E-state index in [9.17, 15) is 9.59 Å². The highest BCUT2D eigenvalue weighted by Gasteiger charge is 2.40. The van der Waals surface area contributed by atoms with Crippen LogP contribution in [-0.2, 0) is 29.0 Å². The van der Waals surface area contributed by atoms with Crippen LogP contribution in [0, 0.1) is 5.41 Å². The summed E-state index contributed by atoms with van der Waals surface area (Å²) in [6.07, 6.45) is 4.22. The Morgan fingerprint density at radius 2 is 1.68 bits per heavy atom. The first-order valence-corrected chi connectivity index (χ1v) is 11.4. The number of nitrogens with zero attached hydrogens (tertiary/aromatic N) is 2. The lowest BCUT2D eigenvalue weighted by molar-refractivity contribution is -0.141. The van der Waals surface area contributed by atoms with Gasteiger partial charge in [-0.1, -0.05) is 54.6 Å². The average Bonchev–Trinajstić information content (AvgIpc) is 2.93. The smallest absolute Gasteiger partial charge is 0.303 e. The first-order valence-electron chi connectivity index (χ1n) is 11.4. The minimum atomic E-state index is -0.914. The monoisotopic (exact) mass is 420 g/mol. The highest BCUT2D eigenvalue weighted by molar-refractivity contribution is 5.80. The third-order valence-corrected chi connectivity index (χ3v) is 6.78. The van der Waals surface area contributed by atoms with Crippen LogP contribution in [-0.4, -0.2) is 53.0 Å². The molecule has 4 rings (SSSR count). The number of hydrogen-bond acceptors (Lipinski definition) is 3. The highest BCUT2D eigenvalue weighted by Crippen LogP contribution is 2.38. The van der Waals surface area contributed by atoms with Crippen LogP contribution in [0.1, 0.15) is 42.4 Å². The molecule has 1 saturated heterocycles. The summed E-state index contributed by atoms with van der Waals surface area (Å²) in [5.41, 5.74) is 3.92. The van der Waals surface area contributed by atoms with Gasteiger partial charge < -0.3 is 14.9 Å². The summed E-state index contributed by atoms with van der Waals surface area (Å²) in [6, 6.07) is 19.0. The molecule has 1 spiro atoms. The Morgan fingerprint density at radius 1 is 0.935 bits per heavy atom. The lowest BCUT2D eigenvalue weighted by Gasteiger charge is -2.44. The van der Waals surface area contributed by atoms with Crippen molar-refractivity contribution in [3.8, 4) is 0 Å². The predicted molar refractivity (Wildman–Crippen MR) is 121 cm³/mol. The van der Waals surface area contributed by atoms with E-state index in [4.69, 9.17) is 5.11 Å². The van der Waals surface area contributed by atoms with Crippen LogP contribution in [0.3, 0.4) is 0 Å². The zero-order valence-corrected chi connectivity index (χ0v) is 18.1. The number of fused-ring (bicyclic) bond motifs is 1. The number of likely N-dealkylation sites (tertiary alicyclic amines) is 1. The number of amides is 1. The van der Waals surface area contributed by atoms with Gasteiger partial charge in [0.05, 0.1) is 6.42 Å². The van der Waals surface area contributed by atoms with Crippen LogP contribution in [0.5, 0.6) is 0 Å². The highest BCUT2D eigenvalue weighted by atomic mass is 16.4. The molecule has 2 aliphatic heterocycles. The summed E-state index contributed by atoms with van der Waals surface area (Å²) in [4.78, 5) is 28.4. The van der Waals surface area contributed by atoms with Crippen LogP contribution in [0.25, 0.3) is 0 Å². The molecule has 0 bridgehead atoms. The second-order valence-electron chi connectivity index (χ2n) is 9.20. The molecule has 164 valence electrons. The molecule has 1 amide bonds. The molecule has 31 heavy (non-hydrogen) atoms. The van der Waals surface area contributed by atoms with E-state index in [1.165, 1.54) is 16.7 Å². The van der Waals surface area contributed by atoms with E-state index in [2.05, 4.69) is 53.4 Å². The second-order valence-corrected chi connectivity index (χ2v) is 9.20. The molecule has 5 heteroatoms. The van der Waals surface area contributed by atoms with Gasteiger partial charge in [0.25, 0.3) is 0 Å². The number of hydrogen-bond donors (Lipinski definition) is 1. The lowest BCUT2D eigenvalue weighted by atomic mass is 9.74. The van der Waals surface area contributed by atoms with Gasteiger partial charge >= 0.3 is 5.97 Å². The van der Waals surface area contributed by atoms with E-state index in [1.807, 2.05) is 11.0 Å². The molecule has 2 heterocycles. The Labute approximate surface area is 184 Å². The summed E-state index contributed by atoms with van der Waals surface area (Å²) < 4.78 is 0. The van der Waals surface area contributed by atoms with Gasteiger partial charge in [0.1, 0.15) is 0 Å². The maximum atomic E-state index is 12.9. The fourth-order valence-corrected chi connectivity index (χ4v) is 5.27. The van der Waals surface area contributed by atoms with E-state index >= 15 is 0 Å². The van der Waals surface area contributed by atoms with Gasteiger partial charge in [-0.15, -0.1) is 0 Å². The number of aliphatic carboxylic acids is 1. The Morgan fingerprint density at radius 3 is 2.45 bits per heavy atom. The zero-order chi connectivity index (χ0) is 21.7. The molecule has 0 saturated carbocycles. The SMILES string of the molecule is O=C(O)CCC(=O)N1Cc2ccccc2CC2(CCCN(CCc3ccccc3)C2)C1. The van der Waals surface area contributed by atoms with Crippen LogP contribution < -0.4 is 0 Å². The minimum Gasteiger partial charge on any atom is -0.481 e. The zero-order valence-electron chi connectivity index (χ0n) is 18.1. The van der Waals surface area contributed by atoms with E-state index in [-0.39, 0.29) is 24.2 Å². The van der Waals surface area contributed by atoms with Gasteiger partial charge in [-0.2, -0.15) is 0 Å². The number of carboxylic acids is 1. The van der Waals surface area contributed by atoms with Crippen LogP contribution >= 0.6 is 0 Å². The van der Waals surface area contributed by atoms with E-state index in [1.54, 1.807) is 0 Å². The van der Waals surface area contributed by atoms with Crippen molar-refractivity contribution in [3.05, 3.63) is 71.3 Å². The first-order chi connectivity index (χ1) is 15.0. The molecule has 0 radical (unpaired) electrons. The fraction of sp³-hybridized carbons (Fsp3) is 0.462. The molecule has 5 nitrogen and oxygen atoms in total. The number of piperidine rings is 1. The summed E-state index contributed by atoms with van der Waals surface area (Å²) in [7, 11) is 0. The Hall–Kier alpha value is -2.66. The number of carboxylic acid groups (broad SMARTS) is 1. The van der Waals surface area contributed by atoms with Gasteiger partial charge in [0.2, 0.25) is 5.91 Å². The normalized spacial score (nSPS) is 21.5. The molecular formula is C26H32N2O3. The van der Waals surface area contributed by atoms with Gasteiger partial charge in [-0.3, -0.25) is 9.59 Å². The first kappa shape index (κ1) is 21.6. The quantitative estimate of drug-likeness (QED) is 0.773. The van der Waals surface area contributed by atoms with Crippen molar-refractivity contribution in [3.63, 3.8) is 0 Å². The number of benzene rings is 2. The van der Waals surface area contributed by atoms with Crippen LogP contribution in [0.4, 0.5) is 0 Å². The van der Waals surface area contributed by atoms with Crippen molar-refractivity contribution in [2.24, 2.45) is 5.41 Å². The third-order valence-electron chi connectivity index (χ3n) is 6.78. The number of rotatable bonds is 6. The van der Waals surface area contributed by atoms with Crippen molar-refractivity contribution in [1.29, 1.82) is 0 Å². The predicted octanol–water partition coefficient (Wildman–Crippen LogP) is 3.76. The second kappa shape index (κ2) is 9.65. The molecule has 1 fully saturated rings. The maximum Gasteiger partial charge on any atom is 0.303 e. The average molecular weight is 421 g/mol. The fourth-order valence-electron chi connectivity index (χ4n) is 5.27. The largest absolute Gasteiger partial charge is 0.481 e.